The van der Waals surface area contributed by atoms with Crippen LogP contribution in [0.25, 0.3) is 10.9 Å². The quantitative estimate of drug-likeness (QED) is 0.469. The van der Waals surface area contributed by atoms with Crippen LogP contribution in [-0.4, -0.2) is 34.6 Å². The number of hydrogen-bond acceptors (Lipinski definition) is 3. The average Bonchev–Trinajstić information content (AvgIpc) is 3.35. The summed E-state index contributed by atoms with van der Waals surface area (Å²) in [7, 11) is 1.71. The number of benzene rings is 2. The number of ether oxygens (including phenoxy) is 1. The molecule has 34 heavy (non-hydrogen) atoms. The molecule has 4 nitrogen and oxygen atoms in total. The number of hydrogen-bond donors (Lipinski definition) is 2. The van der Waals surface area contributed by atoms with Gasteiger partial charge in [0.05, 0.1) is 12.7 Å². The topological polar surface area (TPSA) is 48.5 Å². The minimum Gasteiger partial charge on any atom is -0.496 e. The first kappa shape index (κ1) is 22.1. The second kappa shape index (κ2) is 7.53. The SMILES string of the molecule is COc1cc(C)c2[nH]ccc2c1CN1CCC2(CC1c1ccc(C3(O)CC3)cc1)CC(F)(F)C2. The van der Waals surface area contributed by atoms with E-state index in [2.05, 4.69) is 41.1 Å². The van der Waals surface area contributed by atoms with Gasteiger partial charge in [0.1, 0.15) is 5.75 Å². The van der Waals surface area contributed by atoms with Crippen LogP contribution < -0.4 is 4.74 Å². The lowest BCUT2D eigenvalue weighted by molar-refractivity contribution is -0.186. The van der Waals surface area contributed by atoms with E-state index in [0.717, 1.165) is 71.1 Å². The van der Waals surface area contributed by atoms with Gasteiger partial charge in [-0.25, -0.2) is 8.78 Å². The fourth-order valence-corrected chi connectivity index (χ4v) is 6.47. The van der Waals surface area contributed by atoms with Gasteiger partial charge in [-0.3, -0.25) is 4.90 Å². The maximum Gasteiger partial charge on any atom is 0.249 e. The monoisotopic (exact) mass is 466 g/mol. The third-order valence-corrected chi connectivity index (χ3v) is 8.51. The molecule has 1 spiro atoms. The second-order valence-corrected chi connectivity index (χ2v) is 10.9. The zero-order valence-corrected chi connectivity index (χ0v) is 19.8. The zero-order valence-electron chi connectivity index (χ0n) is 19.8. The normalized spacial score (nSPS) is 24.8. The number of likely N-dealkylation sites (tertiary alicyclic amines) is 1. The molecule has 6 rings (SSSR count). The summed E-state index contributed by atoms with van der Waals surface area (Å²) >= 11 is 0. The number of aliphatic hydroxyl groups is 1. The largest absolute Gasteiger partial charge is 0.496 e. The Morgan fingerprint density at radius 2 is 1.85 bits per heavy atom. The van der Waals surface area contributed by atoms with Crippen LogP contribution >= 0.6 is 0 Å². The van der Waals surface area contributed by atoms with Crippen molar-refractivity contribution in [3.8, 4) is 5.75 Å². The molecule has 2 aliphatic carbocycles. The van der Waals surface area contributed by atoms with Crippen LogP contribution in [0.3, 0.4) is 0 Å². The van der Waals surface area contributed by atoms with Gasteiger partial charge in [-0.15, -0.1) is 0 Å². The molecule has 2 saturated carbocycles. The molecule has 3 aromatic rings. The molecule has 2 aromatic carbocycles. The van der Waals surface area contributed by atoms with E-state index in [9.17, 15) is 13.9 Å². The molecule has 1 aliphatic heterocycles. The maximum atomic E-state index is 13.9. The minimum absolute atomic E-state index is 0.00190. The number of halogens is 2. The zero-order chi connectivity index (χ0) is 23.7. The highest BCUT2D eigenvalue weighted by molar-refractivity contribution is 5.88. The molecule has 6 heteroatoms. The standard InChI is InChI=1S/C28H32F2N2O2/c1-18-13-24(34-2)22(21-7-11-31-25(18)21)15-32-12-10-26(16-28(29,30)17-26)14-23(32)19-3-5-20(6-4-19)27(33)8-9-27/h3-7,11,13,23,31,33H,8-10,12,14-17H2,1-2H3. The molecule has 3 fully saturated rings. The number of aromatic amines is 1. The van der Waals surface area contributed by atoms with Gasteiger partial charge in [0.15, 0.2) is 0 Å². The molecule has 180 valence electrons. The van der Waals surface area contributed by atoms with Crippen molar-refractivity contribution in [2.24, 2.45) is 5.41 Å². The van der Waals surface area contributed by atoms with Crippen molar-refractivity contribution in [1.82, 2.24) is 9.88 Å². The third kappa shape index (κ3) is 3.62. The van der Waals surface area contributed by atoms with Crippen molar-refractivity contribution >= 4 is 10.9 Å². The average molecular weight is 467 g/mol. The van der Waals surface area contributed by atoms with Crippen molar-refractivity contribution < 1.29 is 18.6 Å². The summed E-state index contributed by atoms with van der Waals surface area (Å²) in [6, 6.07) is 12.5. The second-order valence-electron chi connectivity index (χ2n) is 10.9. The van der Waals surface area contributed by atoms with E-state index in [1.165, 1.54) is 0 Å². The molecular formula is C28H32F2N2O2. The number of rotatable bonds is 5. The Morgan fingerprint density at radius 3 is 2.50 bits per heavy atom. The van der Waals surface area contributed by atoms with Crippen LogP contribution in [0, 0.1) is 12.3 Å². The molecule has 1 aromatic heterocycles. The summed E-state index contributed by atoms with van der Waals surface area (Å²) in [6.45, 7) is 3.54. The summed E-state index contributed by atoms with van der Waals surface area (Å²) in [6.07, 6.45) is 5.09. The molecule has 3 aliphatic rings. The van der Waals surface area contributed by atoms with Crippen LogP contribution in [0.5, 0.6) is 5.75 Å². The van der Waals surface area contributed by atoms with Gasteiger partial charge in [0.2, 0.25) is 5.92 Å². The molecule has 0 bridgehead atoms. The molecule has 1 unspecified atom stereocenters. The van der Waals surface area contributed by atoms with E-state index >= 15 is 0 Å². The van der Waals surface area contributed by atoms with Gasteiger partial charge in [-0.1, -0.05) is 24.3 Å². The van der Waals surface area contributed by atoms with Crippen molar-refractivity contribution in [2.75, 3.05) is 13.7 Å². The van der Waals surface area contributed by atoms with Crippen molar-refractivity contribution in [1.29, 1.82) is 0 Å². The van der Waals surface area contributed by atoms with Crippen molar-refractivity contribution in [2.45, 2.75) is 69.6 Å². The van der Waals surface area contributed by atoms with Gasteiger partial charge in [-0.05, 0) is 73.4 Å². The van der Waals surface area contributed by atoms with Crippen molar-refractivity contribution in [3.63, 3.8) is 0 Å². The van der Waals surface area contributed by atoms with Crippen LogP contribution in [0.2, 0.25) is 0 Å². The molecule has 2 N–H and O–H groups in total. The first-order valence-corrected chi connectivity index (χ1v) is 12.3. The maximum absolute atomic E-state index is 13.9. The highest BCUT2D eigenvalue weighted by Gasteiger charge is 2.58. The highest BCUT2D eigenvalue weighted by Crippen LogP contribution is 2.60. The van der Waals surface area contributed by atoms with E-state index in [1.54, 1.807) is 7.11 Å². The number of piperidine rings is 1. The number of nitrogens with zero attached hydrogens (tertiary/aromatic N) is 1. The van der Waals surface area contributed by atoms with E-state index < -0.39 is 11.5 Å². The van der Waals surface area contributed by atoms with Crippen LogP contribution in [0.15, 0.2) is 42.6 Å². The molecule has 2 heterocycles. The number of aryl methyl sites for hydroxylation is 1. The van der Waals surface area contributed by atoms with Gasteiger partial charge in [0.25, 0.3) is 0 Å². The van der Waals surface area contributed by atoms with Crippen LogP contribution in [0.1, 0.15) is 66.8 Å². The van der Waals surface area contributed by atoms with E-state index in [0.29, 0.717) is 6.54 Å². The van der Waals surface area contributed by atoms with E-state index in [-0.39, 0.29) is 24.3 Å². The molecule has 0 amide bonds. The third-order valence-electron chi connectivity index (χ3n) is 8.51. The van der Waals surface area contributed by atoms with E-state index in [1.807, 2.05) is 18.3 Å². The number of methoxy groups -OCH3 is 1. The Labute approximate surface area is 198 Å². The first-order chi connectivity index (χ1) is 16.2. The van der Waals surface area contributed by atoms with Gasteiger partial charge < -0.3 is 14.8 Å². The smallest absolute Gasteiger partial charge is 0.249 e. The summed E-state index contributed by atoms with van der Waals surface area (Å²) < 4.78 is 33.7. The first-order valence-electron chi connectivity index (χ1n) is 12.3. The number of H-pyrrole nitrogens is 1. The Morgan fingerprint density at radius 1 is 1.12 bits per heavy atom. The fourth-order valence-electron chi connectivity index (χ4n) is 6.47. The lowest BCUT2D eigenvalue weighted by Gasteiger charge is -2.54. The highest BCUT2D eigenvalue weighted by atomic mass is 19.3. The number of fused-ring (bicyclic) bond motifs is 1. The van der Waals surface area contributed by atoms with Crippen molar-refractivity contribution in [3.05, 3.63) is 64.8 Å². The number of nitrogens with one attached hydrogen (secondary N) is 1. The lowest BCUT2D eigenvalue weighted by Crippen LogP contribution is -2.53. The summed E-state index contributed by atoms with van der Waals surface area (Å²) in [5, 5.41) is 11.6. The molecule has 1 saturated heterocycles. The van der Waals surface area contributed by atoms with E-state index in [4.69, 9.17) is 4.74 Å². The lowest BCUT2D eigenvalue weighted by atomic mass is 9.59. The van der Waals surface area contributed by atoms with Gasteiger partial charge in [0, 0.05) is 48.1 Å². The predicted molar refractivity (Wildman–Crippen MR) is 128 cm³/mol. The minimum atomic E-state index is -2.52. The molecular weight excluding hydrogens is 434 g/mol. The fraction of sp³-hybridized carbons (Fsp3) is 0.500. The Kier molecular flexibility index (Phi) is 4.88. The molecule has 1 atom stereocenters. The van der Waals surface area contributed by atoms with Crippen LogP contribution in [0.4, 0.5) is 8.78 Å². The van der Waals surface area contributed by atoms with Gasteiger partial charge in [-0.2, -0.15) is 0 Å². The summed E-state index contributed by atoms with van der Waals surface area (Å²) in [5.41, 5.74) is 4.53. The Bertz CT molecular complexity index is 1220. The summed E-state index contributed by atoms with van der Waals surface area (Å²) in [5.74, 6) is -1.66. The Balaban J connectivity index is 1.35. The number of aromatic nitrogens is 1. The predicted octanol–water partition coefficient (Wildman–Crippen LogP) is 6.22. The van der Waals surface area contributed by atoms with Crippen LogP contribution in [-0.2, 0) is 12.1 Å². The Hall–Kier alpha value is -2.44. The summed E-state index contributed by atoms with van der Waals surface area (Å²) in [4.78, 5) is 5.78. The van der Waals surface area contributed by atoms with Gasteiger partial charge >= 0.3 is 0 Å². The molecule has 0 radical (unpaired) electrons. The number of alkyl halides is 2.